The molecule has 3 unspecified atom stereocenters. The first-order valence-corrected chi connectivity index (χ1v) is 9.43. The molecule has 1 aliphatic carbocycles. The Bertz CT molecular complexity index is 497. The van der Waals surface area contributed by atoms with Gasteiger partial charge in [0.1, 0.15) is 0 Å². The molecule has 2 aliphatic rings. The van der Waals surface area contributed by atoms with Gasteiger partial charge in [-0.25, -0.2) is 0 Å². The van der Waals surface area contributed by atoms with Crippen LogP contribution in [0.3, 0.4) is 0 Å². The lowest BCUT2D eigenvalue weighted by atomic mass is 9.78. The molecule has 0 spiro atoms. The lowest BCUT2D eigenvalue weighted by Crippen LogP contribution is -2.38. The highest BCUT2D eigenvalue weighted by Crippen LogP contribution is 2.36. The van der Waals surface area contributed by atoms with Crippen LogP contribution in [0.15, 0.2) is 23.1 Å². The molecule has 2 N–H and O–H groups in total. The number of nitrogens with two attached hydrogens (primary N) is 1. The number of benzene rings is 1. The number of fused-ring (bicyclic) bond motifs is 1. The maximum absolute atomic E-state index is 6.27. The predicted octanol–water partition coefficient (Wildman–Crippen LogP) is 4.14. The molecule has 1 saturated heterocycles. The zero-order valence-electron chi connectivity index (χ0n) is 12.1. The van der Waals surface area contributed by atoms with Gasteiger partial charge in [0, 0.05) is 41.3 Å². The van der Waals surface area contributed by atoms with Crippen LogP contribution >= 0.6 is 35.0 Å². The van der Waals surface area contributed by atoms with Crippen molar-refractivity contribution in [1.29, 1.82) is 0 Å². The van der Waals surface area contributed by atoms with Gasteiger partial charge in [0.15, 0.2) is 0 Å². The summed E-state index contributed by atoms with van der Waals surface area (Å²) in [4.78, 5) is 3.66. The SMILES string of the molecule is NC1CCCC2CN(CCSc3cc(Cl)ccc3Cl)CC12. The van der Waals surface area contributed by atoms with Crippen molar-refractivity contribution < 1.29 is 0 Å². The van der Waals surface area contributed by atoms with Crippen LogP contribution in [0.25, 0.3) is 0 Å². The average molecular weight is 345 g/mol. The Labute approximate surface area is 141 Å². The Hall–Kier alpha value is 0.0700. The number of rotatable bonds is 4. The second kappa shape index (κ2) is 7.10. The number of nitrogens with zero attached hydrogens (tertiary/aromatic N) is 1. The molecule has 2 fully saturated rings. The van der Waals surface area contributed by atoms with Crippen LogP contribution in [0.1, 0.15) is 19.3 Å². The molecule has 3 atom stereocenters. The molecule has 0 aromatic heterocycles. The first kappa shape index (κ1) is 15.9. The number of hydrogen-bond acceptors (Lipinski definition) is 3. The molecular weight excluding hydrogens is 323 g/mol. The van der Waals surface area contributed by atoms with E-state index < -0.39 is 0 Å². The third-order valence-electron chi connectivity index (χ3n) is 4.79. The molecule has 116 valence electrons. The minimum absolute atomic E-state index is 0.420. The molecule has 1 aromatic carbocycles. The summed E-state index contributed by atoms with van der Waals surface area (Å²) in [7, 11) is 0. The van der Waals surface area contributed by atoms with E-state index >= 15 is 0 Å². The smallest absolute Gasteiger partial charge is 0.0542 e. The second-order valence-electron chi connectivity index (χ2n) is 6.20. The van der Waals surface area contributed by atoms with Crippen molar-refractivity contribution in [2.24, 2.45) is 17.6 Å². The lowest BCUT2D eigenvalue weighted by Gasteiger charge is -2.29. The minimum atomic E-state index is 0.420. The molecule has 0 bridgehead atoms. The topological polar surface area (TPSA) is 29.3 Å². The van der Waals surface area contributed by atoms with Gasteiger partial charge >= 0.3 is 0 Å². The molecule has 2 nitrogen and oxygen atoms in total. The molecule has 1 aliphatic heterocycles. The molecule has 1 aromatic rings. The summed E-state index contributed by atoms with van der Waals surface area (Å²) in [6.07, 6.45) is 3.88. The molecule has 21 heavy (non-hydrogen) atoms. The summed E-state index contributed by atoms with van der Waals surface area (Å²) < 4.78 is 0. The maximum atomic E-state index is 6.27. The Morgan fingerprint density at radius 2 is 2.10 bits per heavy atom. The number of likely N-dealkylation sites (tertiary alicyclic amines) is 1. The summed E-state index contributed by atoms with van der Waals surface area (Å²) in [5.74, 6) is 2.60. The third-order valence-corrected chi connectivity index (χ3v) is 6.50. The van der Waals surface area contributed by atoms with Crippen LogP contribution < -0.4 is 5.73 Å². The quantitative estimate of drug-likeness (QED) is 0.832. The van der Waals surface area contributed by atoms with Crippen LogP contribution in [0.4, 0.5) is 0 Å². The van der Waals surface area contributed by atoms with E-state index in [2.05, 4.69) is 4.90 Å². The fourth-order valence-corrected chi connectivity index (χ4v) is 5.17. The van der Waals surface area contributed by atoms with Gasteiger partial charge in [-0.15, -0.1) is 11.8 Å². The van der Waals surface area contributed by atoms with Crippen molar-refractivity contribution in [2.45, 2.75) is 30.2 Å². The molecule has 0 amide bonds. The van der Waals surface area contributed by atoms with Crippen molar-refractivity contribution in [2.75, 3.05) is 25.4 Å². The van der Waals surface area contributed by atoms with Gasteiger partial charge in [-0.3, -0.25) is 0 Å². The van der Waals surface area contributed by atoms with E-state index in [9.17, 15) is 0 Å². The second-order valence-corrected chi connectivity index (χ2v) is 8.18. The van der Waals surface area contributed by atoms with Gasteiger partial charge in [0.05, 0.1) is 5.02 Å². The van der Waals surface area contributed by atoms with Gasteiger partial charge < -0.3 is 10.6 Å². The van der Waals surface area contributed by atoms with E-state index in [1.165, 1.54) is 32.4 Å². The molecule has 3 rings (SSSR count). The fourth-order valence-electron chi connectivity index (χ4n) is 3.66. The first-order valence-electron chi connectivity index (χ1n) is 7.69. The average Bonchev–Trinajstić information content (AvgIpc) is 2.87. The highest BCUT2D eigenvalue weighted by Gasteiger charge is 2.38. The molecule has 1 saturated carbocycles. The fraction of sp³-hybridized carbons (Fsp3) is 0.625. The van der Waals surface area contributed by atoms with Crippen LogP contribution in [-0.4, -0.2) is 36.3 Å². The summed E-state index contributed by atoms with van der Waals surface area (Å²) in [5, 5.41) is 1.54. The van der Waals surface area contributed by atoms with Crippen molar-refractivity contribution in [3.05, 3.63) is 28.2 Å². The van der Waals surface area contributed by atoms with Crippen molar-refractivity contribution in [3.8, 4) is 0 Å². The highest BCUT2D eigenvalue weighted by atomic mass is 35.5. The van der Waals surface area contributed by atoms with Crippen LogP contribution in [0, 0.1) is 11.8 Å². The van der Waals surface area contributed by atoms with E-state index in [0.29, 0.717) is 6.04 Å². The van der Waals surface area contributed by atoms with E-state index in [1.807, 2.05) is 18.2 Å². The predicted molar refractivity (Wildman–Crippen MR) is 92.4 cm³/mol. The highest BCUT2D eigenvalue weighted by molar-refractivity contribution is 7.99. The Morgan fingerprint density at radius 3 is 2.90 bits per heavy atom. The van der Waals surface area contributed by atoms with E-state index in [4.69, 9.17) is 28.9 Å². The minimum Gasteiger partial charge on any atom is -0.327 e. The Balaban J connectivity index is 1.49. The standard InChI is InChI=1S/C16H22Cl2N2S/c17-12-4-5-14(18)16(8-12)21-7-6-20-9-11-2-1-3-15(19)13(11)10-20/h4-5,8,11,13,15H,1-3,6-7,9-10,19H2. The van der Waals surface area contributed by atoms with Crippen molar-refractivity contribution in [3.63, 3.8) is 0 Å². The van der Waals surface area contributed by atoms with Gasteiger partial charge in [0.25, 0.3) is 0 Å². The van der Waals surface area contributed by atoms with Crippen molar-refractivity contribution >= 4 is 35.0 Å². The van der Waals surface area contributed by atoms with Gasteiger partial charge in [-0.05, 0) is 42.9 Å². The Morgan fingerprint density at radius 1 is 1.24 bits per heavy atom. The third kappa shape index (κ3) is 3.89. The molecule has 5 heteroatoms. The maximum Gasteiger partial charge on any atom is 0.0542 e. The molecular formula is C16H22Cl2N2S. The largest absolute Gasteiger partial charge is 0.327 e. The normalized spacial score (nSPS) is 29.6. The van der Waals surface area contributed by atoms with Crippen LogP contribution in [0.5, 0.6) is 0 Å². The number of thioether (sulfide) groups is 1. The monoisotopic (exact) mass is 344 g/mol. The lowest BCUT2D eigenvalue weighted by molar-refractivity contribution is 0.259. The Kier molecular flexibility index (Phi) is 5.39. The summed E-state index contributed by atoms with van der Waals surface area (Å²) in [5.41, 5.74) is 6.27. The van der Waals surface area contributed by atoms with E-state index in [0.717, 1.165) is 39.1 Å². The van der Waals surface area contributed by atoms with E-state index in [-0.39, 0.29) is 0 Å². The number of halogens is 2. The first-order chi connectivity index (χ1) is 10.1. The zero-order chi connectivity index (χ0) is 14.8. The summed E-state index contributed by atoms with van der Waals surface area (Å²) >= 11 is 14.0. The molecule has 0 radical (unpaired) electrons. The van der Waals surface area contributed by atoms with Crippen molar-refractivity contribution in [1.82, 2.24) is 4.90 Å². The summed E-state index contributed by atoms with van der Waals surface area (Å²) in [6, 6.07) is 6.08. The molecule has 1 heterocycles. The van der Waals surface area contributed by atoms with Gasteiger partial charge in [-0.2, -0.15) is 0 Å². The van der Waals surface area contributed by atoms with Gasteiger partial charge in [-0.1, -0.05) is 29.6 Å². The van der Waals surface area contributed by atoms with Gasteiger partial charge in [0.2, 0.25) is 0 Å². The zero-order valence-corrected chi connectivity index (χ0v) is 14.4. The van der Waals surface area contributed by atoms with Crippen LogP contribution in [-0.2, 0) is 0 Å². The van der Waals surface area contributed by atoms with E-state index in [1.54, 1.807) is 11.8 Å². The summed E-state index contributed by atoms with van der Waals surface area (Å²) in [6.45, 7) is 3.51. The number of hydrogen-bond donors (Lipinski definition) is 1. The van der Waals surface area contributed by atoms with Crippen LogP contribution in [0.2, 0.25) is 10.0 Å².